The molecule has 0 N–H and O–H groups in total. The first-order chi connectivity index (χ1) is 5.60. The molecule has 0 aliphatic rings. The predicted molar refractivity (Wildman–Crippen MR) is 54.1 cm³/mol. The van der Waals surface area contributed by atoms with Gasteiger partial charge in [0, 0.05) is 6.92 Å². The van der Waals surface area contributed by atoms with Crippen LogP contribution < -0.4 is 0 Å². The molecule has 0 saturated heterocycles. The van der Waals surface area contributed by atoms with Crippen molar-refractivity contribution < 1.29 is 9.53 Å². The van der Waals surface area contributed by atoms with Crippen molar-refractivity contribution in [2.45, 2.75) is 6.92 Å². The fourth-order valence-corrected chi connectivity index (χ4v) is 0.117. The fraction of sp³-hybridized carbons (Fsp3) is 0.125. The minimum absolute atomic E-state index is 0.329. The summed E-state index contributed by atoms with van der Waals surface area (Å²) in [5.41, 5.74) is 2.44. The lowest BCUT2D eigenvalue weighted by molar-refractivity contribution is -0.135. The number of carbonyl (C=O) groups is 1. The first-order valence-corrected chi connectivity index (χ1v) is 3.68. The monoisotopic (exact) mass is 210 g/mol. The van der Waals surface area contributed by atoms with Gasteiger partial charge in [0.2, 0.25) is 0 Å². The van der Waals surface area contributed by atoms with Gasteiger partial charge in [0.25, 0.3) is 0 Å². The van der Waals surface area contributed by atoms with Crippen molar-refractivity contribution >= 4 is 29.2 Å². The van der Waals surface area contributed by atoms with Crippen molar-refractivity contribution in [1.29, 1.82) is 0 Å². The van der Waals surface area contributed by atoms with Gasteiger partial charge in [0.15, 0.2) is 0 Å². The number of ether oxygens (including phenoxy) is 1. The Kier molecular flexibility index (Phi) is 32.5. The molecule has 0 saturated carbocycles. The van der Waals surface area contributed by atoms with Crippen molar-refractivity contribution in [3.05, 3.63) is 37.1 Å². The third-order valence-electron chi connectivity index (χ3n) is 0.249. The van der Waals surface area contributed by atoms with Gasteiger partial charge < -0.3 is 4.74 Å². The summed E-state index contributed by atoms with van der Waals surface area (Å²) in [5, 5.41) is 0. The third kappa shape index (κ3) is 123. The van der Waals surface area contributed by atoms with Gasteiger partial charge in [0.05, 0.1) is 6.26 Å². The van der Waals surface area contributed by atoms with Crippen LogP contribution in [-0.4, -0.2) is 5.97 Å². The second-order valence-electron chi connectivity index (χ2n) is 1.08. The molecule has 0 aromatic heterocycles. The maximum absolute atomic E-state index is 9.75. The van der Waals surface area contributed by atoms with E-state index in [1.165, 1.54) is 18.0 Å². The van der Waals surface area contributed by atoms with Crippen molar-refractivity contribution in [3.63, 3.8) is 0 Å². The van der Waals surface area contributed by atoms with Gasteiger partial charge in [-0.1, -0.05) is 42.9 Å². The minimum Gasteiger partial charge on any atom is -0.435 e. The lowest BCUT2D eigenvalue weighted by Crippen LogP contribution is -1.87. The predicted octanol–water partition coefficient (Wildman–Crippen LogP) is 3.43. The maximum atomic E-state index is 9.75. The molecule has 0 rings (SSSR count). The van der Waals surface area contributed by atoms with E-state index in [9.17, 15) is 4.79 Å². The van der Waals surface area contributed by atoms with Gasteiger partial charge in [-0.25, -0.2) is 0 Å². The summed E-state index contributed by atoms with van der Waals surface area (Å²) in [6.07, 6.45) is 1.10. The summed E-state index contributed by atoms with van der Waals surface area (Å²) in [5.74, 6) is -0.329. The van der Waals surface area contributed by atoms with E-state index in [2.05, 4.69) is 24.5 Å². The Morgan fingerprint density at radius 3 is 1.50 bits per heavy atom. The second-order valence-corrected chi connectivity index (χ2v) is 1.70. The summed E-state index contributed by atoms with van der Waals surface area (Å²) in [7, 11) is 0. The zero-order chi connectivity index (χ0) is 10.4. The highest BCUT2D eigenvalue weighted by molar-refractivity contribution is 6.25. The Balaban J connectivity index is -0.000000115. The molecule has 70 valence electrons. The number of carbonyl (C=O) groups excluding carboxylic acids is 1. The fourth-order valence-electron chi connectivity index (χ4n) is 0.117. The Morgan fingerprint density at radius 1 is 1.25 bits per heavy atom. The third-order valence-corrected chi connectivity index (χ3v) is 0.249. The number of rotatable bonds is 1. The van der Waals surface area contributed by atoms with Crippen molar-refractivity contribution in [3.8, 4) is 0 Å². The molecule has 0 aliphatic heterocycles. The molecular formula is C8H12Cl2O2. The Morgan fingerprint density at radius 2 is 1.50 bits per heavy atom. The summed E-state index contributed by atoms with van der Waals surface area (Å²) >= 11 is 9.52. The maximum Gasteiger partial charge on any atom is 0.307 e. The summed E-state index contributed by atoms with van der Waals surface area (Å²) in [6, 6.07) is 0. The van der Waals surface area contributed by atoms with E-state index in [-0.39, 0.29) is 5.97 Å². The molecule has 0 aromatic carbocycles. The van der Waals surface area contributed by atoms with Crippen molar-refractivity contribution in [1.82, 2.24) is 0 Å². The quantitative estimate of drug-likeness (QED) is 0.490. The summed E-state index contributed by atoms with van der Waals surface area (Å²) in [4.78, 5) is 9.75. The van der Waals surface area contributed by atoms with Crippen LogP contribution in [0.2, 0.25) is 0 Å². The minimum atomic E-state index is -0.329. The number of hydrogen-bond acceptors (Lipinski definition) is 2. The van der Waals surface area contributed by atoms with Gasteiger partial charge in [0.1, 0.15) is 0 Å². The van der Waals surface area contributed by atoms with Gasteiger partial charge in [-0.15, -0.1) is 0 Å². The van der Waals surface area contributed by atoms with E-state index >= 15 is 0 Å². The zero-order valence-electron chi connectivity index (χ0n) is 6.93. The number of hydrogen-bond donors (Lipinski definition) is 0. The standard InChI is InChI=1S/C4H6O2.2C2H3Cl/c1-3-6-4(2)5;2*1-2-3/h3H,1H2,2H3;2*2H,1H2. The normalized spacial score (nSPS) is 5.58. The van der Waals surface area contributed by atoms with E-state index in [0.717, 1.165) is 6.26 Å². The molecule has 0 fully saturated rings. The van der Waals surface area contributed by atoms with Crippen LogP contribution in [0.15, 0.2) is 37.1 Å². The van der Waals surface area contributed by atoms with E-state index < -0.39 is 0 Å². The molecule has 0 atom stereocenters. The van der Waals surface area contributed by atoms with Crippen LogP contribution in [0.25, 0.3) is 0 Å². The molecule has 0 aromatic rings. The zero-order valence-corrected chi connectivity index (χ0v) is 8.44. The van der Waals surface area contributed by atoms with E-state index in [4.69, 9.17) is 23.2 Å². The van der Waals surface area contributed by atoms with Gasteiger partial charge in [-0.05, 0) is 11.1 Å². The van der Waals surface area contributed by atoms with Crippen LogP contribution in [0, 0.1) is 0 Å². The first kappa shape index (κ1) is 17.4. The van der Waals surface area contributed by atoms with Crippen molar-refractivity contribution in [2.75, 3.05) is 0 Å². The molecular weight excluding hydrogens is 199 g/mol. The van der Waals surface area contributed by atoms with Crippen LogP contribution in [-0.2, 0) is 9.53 Å². The molecule has 0 spiro atoms. The Bertz CT molecular complexity index is 127. The van der Waals surface area contributed by atoms with E-state index in [0.29, 0.717) is 0 Å². The van der Waals surface area contributed by atoms with E-state index in [1.807, 2.05) is 0 Å². The van der Waals surface area contributed by atoms with Gasteiger partial charge in [-0.3, -0.25) is 4.79 Å². The molecule has 0 aliphatic carbocycles. The van der Waals surface area contributed by atoms with Crippen LogP contribution in [0.1, 0.15) is 6.92 Å². The second kappa shape index (κ2) is 22.4. The molecule has 2 nitrogen and oxygen atoms in total. The highest BCUT2D eigenvalue weighted by Crippen LogP contribution is 1.70. The lowest BCUT2D eigenvalue weighted by Gasteiger charge is -1.83. The van der Waals surface area contributed by atoms with Gasteiger partial charge >= 0.3 is 5.97 Å². The highest BCUT2D eigenvalue weighted by atomic mass is 35.5. The average Bonchev–Trinajstić information content (AvgIpc) is 1.89. The largest absolute Gasteiger partial charge is 0.435 e. The lowest BCUT2D eigenvalue weighted by atomic mass is 10.8. The topological polar surface area (TPSA) is 26.3 Å². The van der Waals surface area contributed by atoms with Crippen LogP contribution in [0.4, 0.5) is 0 Å². The average molecular weight is 211 g/mol. The Labute approximate surface area is 83.1 Å². The molecule has 0 bridgehead atoms. The van der Waals surface area contributed by atoms with Crippen LogP contribution in [0.3, 0.4) is 0 Å². The first-order valence-electron chi connectivity index (χ1n) is 2.81. The molecule has 0 radical (unpaired) electrons. The molecule has 0 amide bonds. The van der Waals surface area contributed by atoms with Crippen molar-refractivity contribution in [2.24, 2.45) is 0 Å². The SMILES string of the molecule is C=CCl.C=CCl.C=COC(C)=O. The van der Waals surface area contributed by atoms with E-state index in [1.54, 1.807) is 0 Å². The smallest absolute Gasteiger partial charge is 0.307 e. The molecule has 0 heterocycles. The highest BCUT2D eigenvalue weighted by Gasteiger charge is 1.79. The Hall–Kier alpha value is -0.730. The molecule has 12 heavy (non-hydrogen) atoms. The summed E-state index contributed by atoms with van der Waals surface area (Å²) < 4.78 is 4.17. The van der Waals surface area contributed by atoms with Crippen LogP contribution >= 0.6 is 23.2 Å². The number of halogens is 2. The van der Waals surface area contributed by atoms with Crippen LogP contribution in [0.5, 0.6) is 0 Å². The number of esters is 1. The van der Waals surface area contributed by atoms with Gasteiger partial charge in [-0.2, -0.15) is 0 Å². The molecule has 4 heteroatoms. The molecule has 0 unspecified atom stereocenters. The summed E-state index contributed by atoms with van der Waals surface area (Å²) in [6.45, 7) is 10.7.